The molecule has 2 N–H and O–H groups in total. The van der Waals surface area contributed by atoms with Gasteiger partial charge in [-0.05, 0) is 54.1 Å². The van der Waals surface area contributed by atoms with Gasteiger partial charge in [0, 0.05) is 24.4 Å². The summed E-state index contributed by atoms with van der Waals surface area (Å²) in [5.41, 5.74) is 2.00. The lowest BCUT2D eigenvalue weighted by Crippen LogP contribution is -2.32. The molecular weight excluding hydrogens is 425 g/mol. The average molecular weight is 445 g/mol. The molecule has 0 spiro atoms. The molecule has 3 aromatic rings. The number of ether oxygens (including phenoxy) is 1. The van der Waals surface area contributed by atoms with E-state index in [9.17, 15) is 18.8 Å². The molecule has 0 saturated heterocycles. The number of carbonyl (C=O) groups is 3. The van der Waals surface area contributed by atoms with Crippen LogP contribution < -0.4 is 20.3 Å². The Morgan fingerprint density at radius 2 is 1.61 bits per heavy atom. The number of hydrogen-bond donors (Lipinski definition) is 2. The van der Waals surface area contributed by atoms with Gasteiger partial charge in [0.25, 0.3) is 11.8 Å². The predicted molar refractivity (Wildman–Crippen MR) is 123 cm³/mol. The fourth-order valence-corrected chi connectivity index (χ4v) is 3.51. The molecule has 1 aliphatic heterocycles. The van der Waals surface area contributed by atoms with Gasteiger partial charge in [-0.2, -0.15) is 0 Å². The van der Waals surface area contributed by atoms with Crippen LogP contribution in [0.2, 0.25) is 0 Å². The highest BCUT2D eigenvalue weighted by molar-refractivity contribution is 6.46. The van der Waals surface area contributed by atoms with Crippen molar-refractivity contribution in [2.45, 2.75) is 6.92 Å². The Morgan fingerprint density at radius 3 is 2.24 bits per heavy atom. The maximum absolute atomic E-state index is 13.5. The lowest BCUT2D eigenvalue weighted by Gasteiger charge is -2.16. The number of benzene rings is 3. The molecule has 7 nitrogen and oxygen atoms in total. The van der Waals surface area contributed by atoms with E-state index in [2.05, 4.69) is 10.6 Å². The maximum atomic E-state index is 13.5. The molecule has 0 bridgehead atoms. The first kappa shape index (κ1) is 21.8. The standard InChI is InChI=1S/C25H20FN3O4/c1-15(30)27-18-10-12-20(13-11-18)29-24(31)22(16-6-8-17(26)9-7-16)23(25(29)32)28-19-4-3-5-21(14-19)33-2/h3-14,28H,1-2H3,(H,27,30). The largest absolute Gasteiger partial charge is 0.497 e. The quantitative estimate of drug-likeness (QED) is 0.556. The van der Waals surface area contributed by atoms with E-state index in [1.807, 2.05) is 0 Å². The van der Waals surface area contributed by atoms with Gasteiger partial charge in [-0.3, -0.25) is 14.4 Å². The van der Waals surface area contributed by atoms with Crippen molar-refractivity contribution in [2.24, 2.45) is 0 Å². The van der Waals surface area contributed by atoms with E-state index in [1.165, 1.54) is 38.3 Å². The maximum Gasteiger partial charge on any atom is 0.282 e. The van der Waals surface area contributed by atoms with Crippen molar-refractivity contribution in [2.75, 3.05) is 22.6 Å². The Labute approximate surface area is 189 Å². The Hall–Kier alpha value is -4.46. The van der Waals surface area contributed by atoms with Crippen LogP contribution in [-0.4, -0.2) is 24.8 Å². The van der Waals surface area contributed by atoms with Crippen LogP contribution in [0.15, 0.2) is 78.5 Å². The highest BCUT2D eigenvalue weighted by atomic mass is 19.1. The molecule has 1 aliphatic rings. The predicted octanol–water partition coefficient (Wildman–Crippen LogP) is 4.19. The van der Waals surface area contributed by atoms with E-state index in [0.717, 1.165) is 4.90 Å². The number of imide groups is 1. The Kier molecular flexibility index (Phi) is 5.91. The minimum Gasteiger partial charge on any atom is -0.497 e. The summed E-state index contributed by atoms with van der Waals surface area (Å²) < 4.78 is 18.7. The molecule has 0 radical (unpaired) electrons. The highest BCUT2D eigenvalue weighted by Gasteiger charge is 2.40. The van der Waals surface area contributed by atoms with E-state index >= 15 is 0 Å². The Bertz CT molecular complexity index is 1270. The first-order chi connectivity index (χ1) is 15.9. The van der Waals surface area contributed by atoms with Gasteiger partial charge in [0.15, 0.2) is 0 Å². The lowest BCUT2D eigenvalue weighted by atomic mass is 10.0. The first-order valence-electron chi connectivity index (χ1n) is 10.0. The smallest absolute Gasteiger partial charge is 0.282 e. The topological polar surface area (TPSA) is 87.7 Å². The zero-order valence-corrected chi connectivity index (χ0v) is 17.9. The van der Waals surface area contributed by atoms with Crippen LogP contribution in [0, 0.1) is 5.82 Å². The summed E-state index contributed by atoms with van der Waals surface area (Å²) >= 11 is 0. The van der Waals surface area contributed by atoms with Crippen LogP contribution in [0.5, 0.6) is 5.75 Å². The van der Waals surface area contributed by atoms with Crippen LogP contribution in [0.1, 0.15) is 12.5 Å². The van der Waals surface area contributed by atoms with Gasteiger partial charge in [0.05, 0.1) is 18.4 Å². The molecule has 0 saturated carbocycles. The average Bonchev–Trinajstić information content (AvgIpc) is 3.04. The number of rotatable bonds is 6. The van der Waals surface area contributed by atoms with Crippen molar-refractivity contribution >= 4 is 40.4 Å². The number of amides is 3. The summed E-state index contributed by atoms with van der Waals surface area (Å²) in [6.45, 7) is 1.39. The van der Waals surface area contributed by atoms with Gasteiger partial charge in [-0.25, -0.2) is 9.29 Å². The molecule has 0 unspecified atom stereocenters. The summed E-state index contributed by atoms with van der Waals surface area (Å²) in [6.07, 6.45) is 0. The summed E-state index contributed by atoms with van der Waals surface area (Å²) in [6, 6.07) is 18.6. The van der Waals surface area contributed by atoms with E-state index in [-0.39, 0.29) is 17.2 Å². The molecule has 0 fully saturated rings. The number of methoxy groups -OCH3 is 1. The number of hydrogen-bond acceptors (Lipinski definition) is 5. The van der Waals surface area contributed by atoms with Crippen LogP contribution in [0.25, 0.3) is 5.57 Å². The van der Waals surface area contributed by atoms with Crippen molar-refractivity contribution in [3.63, 3.8) is 0 Å². The highest BCUT2D eigenvalue weighted by Crippen LogP contribution is 2.34. The summed E-state index contributed by atoms with van der Waals surface area (Å²) in [7, 11) is 1.53. The van der Waals surface area contributed by atoms with Gasteiger partial charge in [0.1, 0.15) is 17.3 Å². The fraction of sp³-hybridized carbons (Fsp3) is 0.0800. The van der Waals surface area contributed by atoms with E-state index in [0.29, 0.717) is 28.4 Å². The summed E-state index contributed by atoms with van der Waals surface area (Å²) in [5, 5.41) is 5.67. The second kappa shape index (κ2) is 8.96. The Morgan fingerprint density at radius 1 is 0.909 bits per heavy atom. The molecule has 4 rings (SSSR count). The van der Waals surface area contributed by atoms with Crippen molar-refractivity contribution in [3.05, 3.63) is 89.9 Å². The van der Waals surface area contributed by atoms with Gasteiger partial charge < -0.3 is 15.4 Å². The second-order valence-corrected chi connectivity index (χ2v) is 7.29. The van der Waals surface area contributed by atoms with E-state index in [4.69, 9.17) is 4.74 Å². The third kappa shape index (κ3) is 4.45. The molecule has 3 amide bonds. The third-order valence-electron chi connectivity index (χ3n) is 5.00. The van der Waals surface area contributed by atoms with Gasteiger partial charge in [-0.15, -0.1) is 0 Å². The molecule has 33 heavy (non-hydrogen) atoms. The number of anilines is 3. The molecular formula is C25H20FN3O4. The molecule has 166 valence electrons. The van der Waals surface area contributed by atoms with Crippen LogP contribution in [-0.2, 0) is 14.4 Å². The monoisotopic (exact) mass is 445 g/mol. The third-order valence-corrected chi connectivity index (χ3v) is 5.00. The van der Waals surface area contributed by atoms with E-state index < -0.39 is 17.6 Å². The van der Waals surface area contributed by atoms with Gasteiger partial charge >= 0.3 is 0 Å². The fourth-order valence-electron chi connectivity index (χ4n) is 3.51. The number of nitrogens with zero attached hydrogens (tertiary/aromatic N) is 1. The molecule has 8 heteroatoms. The van der Waals surface area contributed by atoms with Crippen LogP contribution >= 0.6 is 0 Å². The number of nitrogens with one attached hydrogen (secondary N) is 2. The van der Waals surface area contributed by atoms with Gasteiger partial charge in [-0.1, -0.05) is 18.2 Å². The second-order valence-electron chi connectivity index (χ2n) is 7.29. The first-order valence-corrected chi connectivity index (χ1v) is 10.0. The number of halogens is 1. The molecule has 0 aliphatic carbocycles. The minimum absolute atomic E-state index is 0.0609. The summed E-state index contributed by atoms with van der Waals surface area (Å²) in [5.74, 6) is -1.23. The van der Waals surface area contributed by atoms with Crippen molar-refractivity contribution in [1.82, 2.24) is 0 Å². The molecule has 1 heterocycles. The molecule has 0 aromatic heterocycles. The number of carbonyl (C=O) groups excluding carboxylic acids is 3. The van der Waals surface area contributed by atoms with Crippen molar-refractivity contribution in [3.8, 4) is 5.75 Å². The SMILES string of the molecule is COc1cccc(NC2=C(c3ccc(F)cc3)C(=O)N(c3ccc(NC(C)=O)cc3)C2=O)c1. The van der Waals surface area contributed by atoms with Crippen molar-refractivity contribution < 1.29 is 23.5 Å². The van der Waals surface area contributed by atoms with E-state index in [1.54, 1.807) is 48.5 Å². The van der Waals surface area contributed by atoms with Crippen LogP contribution in [0.4, 0.5) is 21.5 Å². The van der Waals surface area contributed by atoms with Gasteiger partial charge in [0.2, 0.25) is 5.91 Å². The normalized spacial score (nSPS) is 13.4. The zero-order valence-electron chi connectivity index (χ0n) is 17.9. The lowest BCUT2D eigenvalue weighted by molar-refractivity contribution is -0.120. The van der Waals surface area contributed by atoms with Crippen molar-refractivity contribution in [1.29, 1.82) is 0 Å². The summed E-state index contributed by atoms with van der Waals surface area (Å²) in [4.78, 5) is 39.1. The zero-order chi connectivity index (χ0) is 23.5. The molecule has 0 atom stereocenters. The minimum atomic E-state index is -0.561. The van der Waals surface area contributed by atoms with Crippen LogP contribution in [0.3, 0.4) is 0 Å². The molecule has 3 aromatic carbocycles. The Balaban J connectivity index is 1.75.